The number of nitrogen functional groups attached to an aromatic ring is 1. The van der Waals surface area contributed by atoms with Crippen LogP contribution in [0.25, 0.3) is 0 Å². The number of anilines is 1. The van der Waals surface area contributed by atoms with Crippen LogP contribution in [0.4, 0.5) is 5.82 Å². The van der Waals surface area contributed by atoms with Crippen LogP contribution >= 0.6 is 0 Å². The average Bonchev–Trinajstić information content (AvgIpc) is 3.13. The number of hydrogen-bond acceptors (Lipinski definition) is 5. The van der Waals surface area contributed by atoms with Gasteiger partial charge in [-0.1, -0.05) is 19.8 Å². The van der Waals surface area contributed by atoms with Gasteiger partial charge in [-0.25, -0.2) is 10.8 Å². The second kappa shape index (κ2) is 5.82. The Morgan fingerprint density at radius 2 is 2.29 bits per heavy atom. The molecular weight excluding hydrogens is 216 g/mol. The van der Waals surface area contributed by atoms with Crippen LogP contribution < -0.4 is 16.0 Å². The number of hydrogen-bond donors (Lipinski definition) is 2. The van der Waals surface area contributed by atoms with E-state index in [0.717, 1.165) is 37.6 Å². The van der Waals surface area contributed by atoms with Crippen LogP contribution in [0.15, 0.2) is 6.07 Å². The van der Waals surface area contributed by atoms with Gasteiger partial charge in [0.2, 0.25) is 5.88 Å². The normalized spacial score (nSPS) is 14.7. The van der Waals surface area contributed by atoms with Crippen molar-refractivity contribution in [2.45, 2.75) is 39.0 Å². The van der Waals surface area contributed by atoms with E-state index in [-0.39, 0.29) is 0 Å². The van der Waals surface area contributed by atoms with Crippen molar-refractivity contribution >= 4 is 5.82 Å². The second-order valence-corrected chi connectivity index (χ2v) is 4.48. The van der Waals surface area contributed by atoms with E-state index < -0.39 is 0 Å². The van der Waals surface area contributed by atoms with Crippen molar-refractivity contribution in [3.63, 3.8) is 0 Å². The van der Waals surface area contributed by atoms with Crippen LogP contribution in [-0.4, -0.2) is 16.6 Å². The summed E-state index contributed by atoms with van der Waals surface area (Å²) in [6.07, 6.45) is 5.68. The molecule has 0 bridgehead atoms. The molecule has 17 heavy (non-hydrogen) atoms. The number of aryl methyl sites for hydroxylation is 1. The Kier molecular flexibility index (Phi) is 4.14. The van der Waals surface area contributed by atoms with Gasteiger partial charge >= 0.3 is 0 Å². The molecule has 3 N–H and O–H groups in total. The Labute approximate surface area is 102 Å². The summed E-state index contributed by atoms with van der Waals surface area (Å²) in [5.41, 5.74) is 2.55. The molecule has 0 saturated heterocycles. The first-order valence-corrected chi connectivity index (χ1v) is 6.29. The molecule has 0 atom stereocenters. The van der Waals surface area contributed by atoms with Crippen LogP contribution in [0.1, 0.15) is 38.4 Å². The van der Waals surface area contributed by atoms with Crippen molar-refractivity contribution in [1.82, 2.24) is 9.97 Å². The standard InChI is InChI=1S/C12H20N4O/c1-2-3-10-14-11(16-13)8-12(15-10)17-7-6-9-4-5-9/h8-9H,2-7,13H2,1H3,(H,14,15,16). The molecule has 5 heteroatoms. The Bertz CT molecular complexity index is 366. The van der Waals surface area contributed by atoms with Crippen LogP contribution in [0.3, 0.4) is 0 Å². The fourth-order valence-electron chi connectivity index (χ4n) is 1.69. The minimum Gasteiger partial charge on any atom is -0.478 e. The van der Waals surface area contributed by atoms with Gasteiger partial charge in [-0.05, 0) is 18.8 Å². The molecule has 94 valence electrons. The molecular formula is C12H20N4O. The molecule has 0 spiro atoms. The number of hydrazine groups is 1. The van der Waals surface area contributed by atoms with Crippen molar-refractivity contribution in [2.24, 2.45) is 11.8 Å². The number of nitrogens with one attached hydrogen (secondary N) is 1. The predicted octanol–water partition coefficient (Wildman–Crippen LogP) is 1.89. The summed E-state index contributed by atoms with van der Waals surface area (Å²) in [5, 5.41) is 0. The Morgan fingerprint density at radius 1 is 1.47 bits per heavy atom. The first kappa shape index (κ1) is 12.1. The summed E-state index contributed by atoms with van der Waals surface area (Å²) >= 11 is 0. The highest BCUT2D eigenvalue weighted by molar-refractivity contribution is 5.36. The zero-order valence-electron chi connectivity index (χ0n) is 10.3. The van der Waals surface area contributed by atoms with Gasteiger partial charge < -0.3 is 10.2 Å². The Hall–Kier alpha value is -1.36. The summed E-state index contributed by atoms with van der Waals surface area (Å²) in [7, 11) is 0. The molecule has 1 aliphatic carbocycles. The lowest BCUT2D eigenvalue weighted by Gasteiger charge is -2.08. The summed E-state index contributed by atoms with van der Waals surface area (Å²) in [4.78, 5) is 8.63. The number of rotatable bonds is 7. The SMILES string of the molecule is CCCc1nc(NN)cc(OCCC2CC2)n1. The third kappa shape index (κ3) is 3.85. The van der Waals surface area contributed by atoms with Gasteiger partial charge in [0.05, 0.1) is 6.61 Å². The van der Waals surface area contributed by atoms with Gasteiger partial charge in [0.15, 0.2) is 0 Å². The van der Waals surface area contributed by atoms with Gasteiger partial charge in [-0.2, -0.15) is 4.98 Å². The van der Waals surface area contributed by atoms with Crippen LogP contribution in [-0.2, 0) is 6.42 Å². The molecule has 1 aliphatic rings. The molecule has 1 saturated carbocycles. The molecule has 0 radical (unpaired) electrons. The number of aromatic nitrogens is 2. The van der Waals surface area contributed by atoms with E-state index in [0.29, 0.717) is 11.7 Å². The zero-order valence-corrected chi connectivity index (χ0v) is 10.3. The zero-order chi connectivity index (χ0) is 12.1. The van der Waals surface area contributed by atoms with Crippen LogP contribution in [0.5, 0.6) is 5.88 Å². The van der Waals surface area contributed by atoms with Gasteiger partial charge in [0, 0.05) is 12.5 Å². The van der Waals surface area contributed by atoms with E-state index in [2.05, 4.69) is 22.3 Å². The predicted molar refractivity (Wildman–Crippen MR) is 66.7 cm³/mol. The Balaban J connectivity index is 1.94. The first-order chi connectivity index (χ1) is 8.31. The minimum atomic E-state index is 0.616. The smallest absolute Gasteiger partial charge is 0.218 e. The molecule has 5 nitrogen and oxygen atoms in total. The van der Waals surface area contributed by atoms with Gasteiger partial charge in [0.1, 0.15) is 11.6 Å². The van der Waals surface area contributed by atoms with Crippen LogP contribution in [0.2, 0.25) is 0 Å². The molecule has 1 fully saturated rings. The summed E-state index contributed by atoms with van der Waals surface area (Å²) < 4.78 is 5.64. The fourth-order valence-corrected chi connectivity index (χ4v) is 1.69. The molecule has 0 aromatic carbocycles. The van der Waals surface area contributed by atoms with E-state index in [1.165, 1.54) is 12.8 Å². The summed E-state index contributed by atoms with van der Waals surface area (Å²) in [5.74, 6) is 8.27. The maximum absolute atomic E-state index is 5.64. The molecule has 2 rings (SSSR count). The van der Waals surface area contributed by atoms with E-state index >= 15 is 0 Å². The van der Waals surface area contributed by atoms with Crippen molar-refractivity contribution in [3.8, 4) is 5.88 Å². The van der Waals surface area contributed by atoms with E-state index in [4.69, 9.17) is 10.6 Å². The minimum absolute atomic E-state index is 0.616. The maximum Gasteiger partial charge on any atom is 0.218 e. The highest BCUT2D eigenvalue weighted by Crippen LogP contribution is 2.32. The molecule has 0 amide bonds. The van der Waals surface area contributed by atoms with Gasteiger partial charge in [-0.3, -0.25) is 0 Å². The van der Waals surface area contributed by atoms with Crippen molar-refractivity contribution in [3.05, 3.63) is 11.9 Å². The number of nitrogens with zero attached hydrogens (tertiary/aromatic N) is 2. The largest absolute Gasteiger partial charge is 0.478 e. The average molecular weight is 236 g/mol. The Morgan fingerprint density at radius 3 is 2.94 bits per heavy atom. The van der Waals surface area contributed by atoms with Gasteiger partial charge in [0.25, 0.3) is 0 Å². The topological polar surface area (TPSA) is 73.1 Å². The lowest BCUT2D eigenvalue weighted by atomic mass is 10.3. The van der Waals surface area contributed by atoms with E-state index in [9.17, 15) is 0 Å². The van der Waals surface area contributed by atoms with Gasteiger partial charge in [-0.15, -0.1) is 0 Å². The first-order valence-electron chi connectivity index (χ1n) is 6.29. The van der Waals surface area contributed by atoms with E-state index in [1.807, 2.05) is 0 Å². The second-order valence-electron chi connectivity index (χ2n) is 4.48. The monoisotopic (exact) mass is 236 g/mol. The molecule has 1 aromatic rings. The van der Waals surface area contributed by atoms with E-state index in [1.54, 1.807) is 6.07 Å². The van der Waals surface area contributed by atoms with Crippen molar-refractivity contribution in [2.75, 3.05) is 12.0 Å². The summed E-state index contributed by atoms with van der Waals surface area (Å²) in [6, 6.07) is 1.74. The highest BCUT2D eigenvalue weighted by Gasteiger charge is 2.20. The van der Waals surface area contributed by atoms with Crippen molar-refractivity contribution in [1.29, 1.82) is 0 Å². The maximum atomic E-state index is 5.64. The number of nitrogens with two attached hydrogens (primary N) is 1. The molecule has 1 heterocycles. The third-order valence-electron chi connectivity index (χ3n) is 2.84. The quantitative estimate of drug-likeness (QED) is 0.558. The fraction of sp³-hybridized carbons (Fsp3) is 0.667. The lowest BCUT2D eigenvalue weighted by Crippen LogP contribution is -2.11. The van der Waals surface area contributed by atoms with Crippen molar-refractivity contribution < 1.29 is 4.74 Å². The summed E-state index contributed by atoms with van der Waals surface area (Å²) in [6.45, 7) is 2.83. The molecule has 0 unspecified atom stereocenters. The number of ether oxygens (including phenoxy) is 1. The molecule has 1 aromatic heterocycles. The lowest BCUT2D eigenvalue weighted by molar-refractivity contribution is 0.290. The molecule has 0 aliphatic heterocycles. The highest BCUT2D eigenvalue weighted by atomic mass is 16.5. The third-order valence-corrected chi connectivity index (χ3v) is 2.84. The van der Waals surface area contributed by atoms with Crippen LogP contribution in [0, 0.1) is 5.92 Å².